The second-order valence-corrected chi connectivity index (χ2v) is 6.71. The first-order valence-corrected chi connectivity index (χ1v) is 7.99. The van der Waals surface area contributed by atoms with Gasteiger partial charge < -0.3 is 10.1 Å². The van der Waals surface area contributed by atoms with Gasteiger partial charge in [0.1, 0.15) is 0 Å². The monoisotopic (exact) mass is 253 g/mol. The van der Waals surface area contributed by atoms with Crippen LogP contribution in [0.1, 0.15) is 66.2 Å². The molecule has 0 saturated heterocycles. The zero-order valence-corrected chi connectivity index (χ0v) is 12.7. The van der Waals surface area contributed by atoms with Crippen LogP contribution in [0.5, 0.6) is 0 Å². The predicted molar refractivity (Wildman–Crippen MR) is 76.8 cm³/mol. The highest BCUT2D eigenvalue weighted by Gasteiger charge is 2.55. The van der Waals surface area contributed by atoms with E-state index < -0.39 is 0 Å². The van der Waals surface area contributed by atoms with Crippen molar-refractivity contribution in [2.24, 2.45) is 11.3 Å². The van der Waals surface area contributed by atoms with Crippen LogP contribution in [0.4, 0.5) is 0 Å². The van der Waals surface area contributed by atoms with E-state index in [0.29, 0.717) is 29.6 Å². The third-order valence-electron chi connectivity index (χ3n) is 5.34. The minimum absolute atomic E-state index is 0.399. The molecule has 106 valence electrons. The molecular weight excluding hydrogens is 222 g/mol. The summed E-state index contributed by atoms with van der Waals surface area (Å²) in [5, 5.41) is 3.69. The smallest absolute Gasteiger partial charge is 0.0665 e. The highest BCUT2D eigenvalue weighted by Crippen LogP contribution is 2.53. The van der Waals surface area contributed by atoms with E-state index in [1.807, 2.05) is 0 Å². The first-order valence-electron chi connectivity index (χ1n) is 7.99. The lowest BCUT2D eigenvalue weighted by molar-refractivity contribution is -0.180. The van der Waals surface area contributed by atoms with Gasteiger partial charge in [-0.3, -0.25) is 0 Å². The van der Waals surface area contributed by atoms with Crippen molar-refractivity contribution in [1.29, 1.82) is 0 Å². The Morgan fingerprint density at radius 1 is 1.17 bits per heavy atom. The van der Waals surface area contributed by atoms with Crippen molar-refractivity contribution < 1.29 is 4.74 Å². The quantitative estimate of drug-likeness (QED) is 0.805. The van der Waals surface area contributed by atoms with Crippen LogP contribution in [-0.2, 0) is 4.74 Å². The summed E-state index contributed by atoms with van der Waals surface area (Å²) in [7, 11) is 0. The van der Waals surface area contributed by atoms with Crippen molar-refractivity contribution in [2.45, 2.75) is 84.5 Å². The van der Waals surface area contributed by atoms with Crippen LogP contribution in [0.25, 0.3) is 0 Å². The predicted octanol–water partition coefficient (Wildman–Crippen LogP) is 3.75. The zero-order chi connectivity index (χ0) is 13.2. The molecule has 0 aromatic rings. The van der Waals surface area contributed by atoms with E-state index >= 15 is 0 Å². The van der Waals surface area contributed by atoms with Crippen LogP contribution in [0.3, 0.4) is 0 Å². The first-order chi connectivity index (χ1) is 8.60. The molecule has 2 aliphatic rings. The third kappa shape index (κ3) is 2.60. The molecule has 0 aliphatic heterocycles. The number of ether oxygens (including phenoxy) is 1. The van der Waals surface area contributed by atoms with Gasteiger partial charge in [-0.15, -0.1) is 0 Å². The van der Waals surface area contributed by atoms with Crippen LogP contribution in [0, 0.1) is 11.3 Å². The van der Waals surface area contributed by atoms with E-state index in [9.17, 15) is 0 Å². The number of hydrogen-bond acceptors (Lipinski definition) is 2. The molecule has 0 amide bonds. The fraction of sp³-hybridized carbons (Fsp3) is 1.00. The Morgan fingerprint density at radius 2 is 1.83 bits per heavy atom. The fourth-order valence-electron chi connectivity index (χ4n) is 3.77. The summed E-state index contributed by atoms with van der Waals surface area (Å²) in [6.07, 6.45) is 9.11. The average Bonchev–Trinajstić information content (AvgIpc) is 2.38. The van der Waals surface area contributed by atoms with Crippen LogP contribution in [0.15, 0.2) is 0 Å². The number of rotatable bonds is 5. The molecule has 2 saturated carbocycles. The summed E-state index contributed by atoms with van der Waals surface area (Å²) in [6.45, 7) is 10.1. The number of hydrogen-bond donors (Lipinski definition) is 1. The Bertz CT molecular complexity index is 258. The van der Waals surface area contributed by atoms with Crippen LogP contribution < -0.4 is 5.32 Å². The van der Waals surface area contributed by atoms with Gasteiger partial charge in [0.25, 0.3) is 0 Å². The van der Waals surface area contributed by atoms with E-state index in [-0.39, 0.29) is 0 Å². The normalized spacial score (nSPS) is 32.5. The molecule has 0 aromatic carbocycles. The maximum atomic E-state index is 6.38. The molecule has 2 rings (SSSR count). The lowest BCUT2D eigenvalue weighted by Crippen LogP contribution is -2.65. The second kappa shape index (κ2) is 5.92. The molecule has 0 bridgehead atoms. The number of nitrogens with one attached hydrogen (secondary N) is 1. The van der Waals surface area contributed by atoms with E-state index in [1.165, 1.54) is 38.5 Å². The van der Waals surface area contributed by atoms with Gasteiger partial charge in [0.15, 0.2) is 0 Å². The van der Waals surface area contributed by atoms with Crippen molar-refractivity contribution in [3.8, 4) is 0 Å². The Morgan fingerprint density at radius 3 is 2.39 bits per heavy atom. The van der Waals surface area contributed by atoms with Gasteiger partial charge >= 0.3 is 0 Å². The van der Waals surface area contributed by atoms with Crippen LogP contribution in [0.2, 0.25) is 0 Å². The Labute approximate surface area is 113 Å². The maximum Gasteiger partial charge on any atom is 0.0665 e. The van der Waals surface area contributed by atoms with Gasteiger partial charge in [0, 0.05) is 11.5 Å². The van der Waals surface area contributed by atoms with Gasteiger partial charge in [-0.1, -0.05) is 40.0 Å². The first kappa shape index (κ1) is 14.3. The van der Waals surface area contributed by atoms with Gasteiger partial charge in [0.2, 0.25) is 0 Å². The minimum Gasteiger partial charge on any atom is -0.374 e. The average molecular weight is 253 g/mol. The topological polar surface area (TPSA) is 21.3 Å². The summed E-state index contributed by atoms with van der Waals surface area (Å²) < 4.78 is 6.38. The molecular formula is C16H31NO. The highest BCUT2D eigenvalue weighted by molar-refractivity contribution is 5.09. The molecule has 1 spiro atoms. The second-order valence-electron chi connectivity index (χ2n) is 6.71. The molecule has 2 aliphatic carbocycles. The van der Waals surface area contributed by atoms with Crippen LogP contribution >= 0.6 is 0 Å². The Balaban J connectivity index is 1.98. The summed E-state index contributed by atoms with van der Waals surface area (Å²) in [5.41, 5.74) is 0.470. The summed E-state index contributed by atoms with van der Waals surface area (Å²) in [4.78, 5) is 0. The Hall–Kier alpha value is -0.0800. The fourth-order valence-corrected chi connectivity index (χ4v) is 3.77. The summed E-state index contributed by atoms with van der Waals surface area (Å²) in [5.74, 6) is 0.629. The minimum atomic E-state index is 0.399. The summed E-state index contributed by atoms with van der Waals surface area (Å²) in [6, 6.07) is 0.715. The van der Waals surface area contributed by atoms with Gasteiger partial charge in [-0.25, -0.2) is 0 Å². The summed E-state index contributed by atoms with van der Waals surface area (Å²) >= 11 is 0. The van der Waals surface area contributed by atoms with Gasteiger partial charge in [-0.2, -0.15) is 0 Å². The molecule has 3 unspecified atom stereocenters. The lowest BCUT2D eigenvalue weighted by Gasteiger charge is -2.58. The molecule has 2 nitrogen and oxygen atoms in total. The van der Waals surface area contributed by atoms with Crippen molar-refractivity contribution in [3.05, 3.63) is 0 Å². The molecule has 0 aromatic heterocycles. The van der Waals surface area contributed by atoms with Crippen molar-refractivity contribution in [1.82, 2.24) is 5.32 Å². The van der Waals surface area contributed by atoms with Crippen LogP contribution in [-0.4, -0.2) is 24.8 Å². The van der Waals surface area contributed by atoms with Gasteiger partial charge in [-0.05, 0) is 38.6 Å². The lowest BCUT2D eigenvalue weighted by atomic mass is 9.55. The van der Waals surface area contributed by atoms with E-state index in [0.717, 1.165) is 6.54 Å². The Kier molecular flexibility index (Phi) is 4.71. The molecule has 3 atom stereocenters. The molecule has 1 N–H and O–H groups in total. The molecule has 2 heteroatoms. The van der Waals surface area contributed by atoms with E-state index in [4.69, 9.17) is 4.74 Å². The van der Waals surface area contributed by atoms with Crippen molar-refractivity contribution in [3.63, 3.8) is 0 Å². The highest BCUT2D eigenvalue weighted by atomic mass is 16.5. The SMILES string of the molecule is CCNC1CC(OC(C)C(C)C)C12CCCCC2. The maximum absolute atomic E-state index is 6.38. The zero-order valence-electron chi connectivity index (χ0n) is 12.7. The van der Waals surface area contributed by atoms with Crippen molar-refractivity contribution >= 4 is 0 Å². The third-order valence-corrected chi connectivity index (χ3v) is 5.34. The molecule has 18 heavy (non-hydrogen) atoms. The standard InChI is InChI=1S/C16H31NO/c1-5-17-14-11-15(18-13(4)12(2)3)16(14)9-7-6-8-10-16/h12-15,17H,5-11H2,1-4H3. The molecule has 0 radical (unpaired) electrons. The van der Waals surface area contributed by atoms with E-state index in [1.54, 1.807) is 0 Å². The van der Waals surface area contributed by atoms with Crippen molar-refractivity contribution in [2.75, 3.05) is 6.54 Å². The van der Waals surface area contributed by atoms with Gasteiger partial charge in [0.05, 0.1) is 12.2 Å². The van der Waals surface area contributed by atoms with E-state index in [2.05, 4.69) is 33.0 Å². The molecule has 0 heterocycles. The largest absolute Gasteiger partial charge is 0.374 e. The molecule has 2 fully saturated rings.